The zero-order chi connectivity index (χ0) is 11.8. The first-order valence-corrected chi connectivity index (χ1v) is 5.58. The lowest BCUT2D eigenvalue weighted by Gasteiger charge is -2.19. The van der Waals surface area contributed by atoms with Crippen LogP contribution in [0, 0.1) is 11.3 Å². The first-order valence-electron chi connectivity index (χ1n) is 4.83. The molecule has 1 aromatic rings. The number of benzene rings is 1. The van der Waals surface area contributed by atoms with Gasteiger partial charge in [-0.1, -0.05) is 23.2 Å². The second-order valence-corrected chi connectivity index (χ2v) is 4.50. The third kappa shape index (κ3) is 1.84. The van der Waals surface area contributed by atoms with Gasteiger partial charge in [-0.25, -0.2) is 0 Å². The number of halogens is 2. The van der Waals surface area contributed by atoms with E-state index < -0.39 is 5.60 Å². The van der Waals surface area contributed by atoms with Gasteiger partial charge >= 0.3 is 0 Å². The normalized spacial score (nSPS) is 23.9. The van der Waals surface area contributed by atoms with Gasteiger partial charge in [-0.05, 0) is 18.9 Å². The maximum atomic E-state index is 10.2. The number of hydrogen-bond acceptors (Lipinski definition) is 3. The Bertz CT molecular complexity index is 470. The fourth-order valence-corrected chi connectivity index (χ4v) is 2.05. The summed E-state index contributed by atoms with van der Waals surface area (Å²) < 4.78 is 5.43. The third-order valence-corrected chi connectivity index (χ3v) is 3.32. The van der Waals surface area contributed by atoms with Crippen LogP contribution in [-0.4, -0.2) is 11.7 Å². The molecule has 0 aromatic heterocycles. The quantitative estimate of drug-likeness (QED) is 0.728. The predicted molar refractivity (Wildman–Crippen MR) is 60.7 cm³/mol. The fourth-order valence-electron chi connectivity index (χ4n) is 1.73. The van der Waals surface area contributed by atoms with E-state index in [4.69, 9.17) is 33.2 Å². The molecular weight excluding hydrogens is 249 g/mol. The van der Waals surface area contributed by atoms with Crippen LogP contribution in [0.2, 0.25) is 10.0 Å². The van der Waals surface area contributed by atoms with Gasteiger partial charge in [0.2, 0.25) is 0 Å². The van der Waals surface area contributed by atoms with Gasteiger partial charge in [0.25, 0.3) is 0 Å². The minimum Gasteiger partial charge on any atom is -0.493 e. The zero-order valence-corrected chi connectivity index (χ0v) is 9.85. The molecule has 1 atom stereocenters. The molecule has 0 saturated carbocycles. The van der Waals surface area contributed by atoms with Crippen LogP contribution >= 0.6 is 23.2 Å². The van der Waals surface area contributed by atoms with Crippen molar-refractivity contribution >= 4 is 23.2 Å². The lowest BCUT2D eigenvalue weighted by atomic mass is 9.91. The van der Waals surface area contributed by atoms with Crippen molar-refractivity contribution in [2.75, 3.05) is 6.61 Å². The molecule has 0 radical (unpaired) electrons. The van der Waals surface area contributed by atoms with Crippen LogP contribution in [0.1, 0.15) is 18.4 Å². The molecule has 0 spiro atoms. The molecular formula is C11H9Cl2NO2. The van der Waals surface area contributed by atoms with Crippen LogP contribution < -0.4 is 4.74 Å². The average molecular weight is 258 g/mol. The number of nitriles is 1. The van der Waals surface area contributed by atoms with E-state index in [1.807, 2.05) is 6.07 Å². The highest BCUT2D eigenvalue weighted by molar-refractivity contribution is 6.42. The number of rotatable bonds is 0. The van der Waals surface area contributed by atoms with Crippen LogP contribution in [0.25, 0.3) is 0 Å². The Kier molecular flexibility index (Phi) is 2.98. The maximum absolute atomic E-state index is 10.2. The number of fused-ring (bicyclic) bond motifs is 1. The highest BCUT2D eigenvalue weighted by atomic mass is 35.5. The van der Waals surface area contributed by atoms with Crippen LogP contribution in [-0.2, 0) is 5.60 Å². The van der Waals surface area contributed by atoms with E-state index in [0.29, 0.717) is 40.8 Å². The monoisotopic (exact) mass is 257 g/mol. The van der Waals surface area contributed by atoms with Crippen molar-refractivity contribution in [3.63, 3.8) is 0 Å². The molecule has 16 heavy (non-hydrogen) atoms. The number of ether oxygens (including phenoxy) is 1. The molecule has 1 aliphatic rings. The van der Waals surface area contributed by atoms with E-state index in [0.717, 1.165) is 0 Å². The summed E-state index contributed by atoms with van der Waals surface area (Å²) >= 11 is 11.7. The summed E-state index contributed by atoms with van der Waals surface area (Å²) in [6.45, 7) is 0.453. The molecule has 5 heteroatoms. The van der Waals surface area contributed by atoms with Crippen molar-refractivity contribution < 1.29 is 9.84 Å². The molecule has 2 rings (SSSR count). The molecule has 1 aromatic carbocycles. The van der Waals surface area contributed by atoms with E-state index >= 15 is 0 Å². The summed E-state index contributed by atoms with van der Waals surface area (Å²) in [4.78, 5) is 0. The van der Waals surface area contributed by atoms with Crippen LogP contribution in [0.15, 0.2) is 12.1 Å². The SMILES string of the molecule is N#CC1(O)CCCOc2cc(Cl)c(Cl)cc21. The Balaban J connectivity index is 2.62. The minimum atomic E-state index is -1.54. The smallest absolute Gasteiger partial charge is 0.180 e. The van der Waals surface area contributed by atoms with Crippen molar-refractivity contribution in [3.8, 4) is 11.8 Å². The summed E-state index contributed by atoms with van der Waals surface area (Å²) in [5.74, 6) is 0.427. The highest BCUT2D eigenvalue weighted by Crippen LogP contribution is 2.40. The lowest BCUT2D eigenvalue weighted by molar-refractivity contribution is 0.0884. The van der Waals surface area contributed by atoms with E-state index in [1.54, 1.807) is 0 Å². The van der Waals surface area contributed by atoms with Gasteiger partial charge in [0.05, 0.1) is 16.7 Å². The van der Waals surface area contributed by atoms with Gasteiger partial charge < -0.3 is 9.84 Å². The summed E-state index contributed by atoms with van der Waals surface area (Å²) in [5, 5.41) is 19.9. The van der Waals surface area contributed by atoms with Gasteiger partial charge in [0.15, 0.2) is 5.60 Å². The first kappa shape index (κ1) is 11.5. The standard InChI is InChI=1S/C11H9Cl2NO2/c12-8-4-7-10(5-9(8)13)16-3-1-2-11(7,15)6-14/h4-5,15H,1-3H2. The topological polar surface area (TPSA) is 53.2 Å². The zero-order valence-electron chi connectivity index (χ0n) is 8.33. The van der Waals surface area contributed by atoms with Crippen LogP contribution in [0.3, 0.4) is 0 Å². The summed E-state index contributed by atoms with van der Waals surface area (Å²) in [5.41, 5.74) is -1.15. The van der Waals surface area contributed by atoms with Crippen molar-refractivity contribution in [1.29, 1.82) is 5.26 Å². The Hall–Kier alpha value is -0.950. The molecule has 1 unspecified atom stereocenters. The van der Waals surface area contributed by atoms with Crippen molar-refractivity contribution in [2.45, 2.75) is 18.4 Å². The van der Waals surface area contributed by atoms with Crippen molar-refractivity contribution in [2.24, 2.45) is 0 Å². The van der Waals surface area contributed by atoms with Crippen LogP contribution in [0.5, 0.6) is 5.75 Å². The molecule has 3 nitrogen and oxygen atoms in total. The Morgan fingerprint density at radius 2 is 2.06 bits per heavy atom. The minimum absolute atomic E-state index is 0.305. The van der Waals surface area contributed by atoms with Gasteiger partial charge in [0, 0.05) is 11.6 Å². The molecule has 1 aliphatic heterocycles. The van der Waals surface area contributed by atoms with Crippen LogP contribution in [0.4, 0.5) is 0 Å². The second-order valence-electron chi connectivity index (χ2n) is 3.69. The maximum Gasteiger partial charge on any atom is 0.180 e. The number of nitrogens with zero attached hydrogens (tertiary/aromatic N) is 1. The van der Waals surface area contributed by atoms with Gasteiger partial charge in [-0.2, -0.15) is 5.26 Å². The summed E-state index contributed by atoms with van der Waals surface area (Å²) in [6, 6.07) is 4.93. The Labute approximate surface area is 103 Å². The highest BCUT2D eigenvalue weighted by Gasteiger charge is 2.34. The van der Waals surface area contributed by atoms with Gasteiger partial charge in [-0.3, -0.25) is 0 Å². The van der Waals surface area contributed by atoms with Crippen molar-refractivity contribution in [3.05, 3.63) is 27.7 Å². The van der Waals surface area contributed by atoms with E-state index in [1.165, 1.54) is 12.1 Å². The van der Waals surface area contributed by atoms with E-state index in [-0.39, 0.29) is 0 Å². The van der Waals surface area contributed by atoms with Gasteiger partial charge in [0.1, 0.15) is 11.8 Å². The molecule has 0 saturated heterocycles. The molecule has 0 bridgehead atoms. The summed E-state index contributed by atoms with van der Waals surface area (Å²) in [6.07, 6.45) is 0.933. The third-order valence-electron chi connectivity index (χ3n) is 2.59. The molecule has 0 aliphatic carbocycles. The number of aliphatic hydroxyl groups is 1. The summed E-state index contributed by atoms with van der Waals surface area (Å²) in [7, 11) is 0. The first-order chi connectivity index (χ1) is 7.57. The Morgan fingerprint density at radius 1 is 1.38 bits per heavy atom. The second kappa shape index (κ2) is 4.14. The van der Waals surface area contributed by atoms with Gasteiger partial charge in [-0.15, -0.1) is 0 Å². The fraction of sp³-hybridized carbons (Fsp3) is 0.364. The molecule has 0 amide bonds. The largest absolute Gasteiger partial charge is 0.493 e. The van der Waals surface area contributed by atoms with Crippen molar-refractivity contribution in [1.82, 2.24) is 0 Å². The van der Waals surface area contributed by atoms with E-state index in [2.05, 4.69) is 0 Å². The Morgan fingerprint density at radius 3 is 2.75 bits per heavy atom. The lowest BCUT2D eigenvalue weighted by Crippen LogP contribution is -2.22. The van der Waals surface area contributed by atoms with E-state index in [9.17, 15) is 5.11 Å². The molecule has 1 heterocycles. The molecule has 0 fully saturated rings. The molecule has 84 valence electrons. The molecule has 1 N–H and O–H groups in total. The predicted octanol–water partition coefficient (Wildman–Crippen LogP) is 2.88. The average Bonchev–Trinajstić information content (AvgIpc) is 2.42. The number of hydrogen-bond donors (Lipinski definition) is 1.